The second-order valence-electron chi connectivity index (χ2n) is 5.41. The standard InChI is InChI=1S/C15H20N2O.ClH/c18-15(12-3-1-2-4-12)17-8-11-5-6-13-9-16-10-14(13)7-11;/h5-7,12,16H,1-4,8-10H2,(H,17,18);1H. The van der Waals surface area contributed by atoms with Crippen molar-refractivity contribution in [1.82, 2.24) is 10.6 Å². The van der Waals surface area contributed by atoms with E-state index in [4.69, 9.17) is 0 Å². The monoisotopic (exact) mass is 280 g/mol. The molecule has 0 aromatic heterocycles. The molecule has 1 amide bonds. The normalized spacial score (nSPS) is 17.9. The van der Waals surface area contributed by atoms with Crippen LogP contribution in [0.2, 0.25) is 0 Å². The fraction of sp³-hybridized carbons (Fsp3) is 0.533. The van der Waals surface area contributed by atoms with Crippen LogP contribution in [0.15, 0.2) is 18.2 Å². The fourth-order valence-electron chi connectivity index (χ4n) is 2.98. The lowest BCUT2D eigenvalue weighted by atomic mass is 10.1. The lowest BCUT2D eigenvalue weighted by molar-refractivity contribution is -0.124. The molecular weight excluding hydrogens is 260 g/mol. The Balaban J connectivity index is 0.00000133. The first-order chi connectivity index (χ1) is 8.83. The maximum atomic E-state index is 11.9. The Bertz CT molecular complexity index is 455. The molecule has 0 bridgehead atoms. The van der Waals surface area contributed by atoms with Crippen LogP contribution in [-0.2, 0) is 24.4 Å². The van der Waals surface area contributed by atoms with E-state index in [2.05, 4.69) is 28.8 Å². The summed E-state index contributed by atoms with van der Waals surface area (Å²) in [6.45, 7) is 2.60. The van der Waals surface area contributed by atoms with Crippen molar-refractivity contribution in [3.05, 3.63) is 34.9 Å². The van der Waals surface area contributed by atoms with Gasteiger partial charge in [-0.05, 0) is 29.5 Å². The van der Waals surface area contributed by atoms with Gasteiger partial charge in [-0.25, -0.2) is 0 Å². The summed E-state index contributed by atoms with van der Waals surface area (Å²) in [5.41, 5.74) is 3.98. The zero-order valence-electron chi connectivity index (χ0n) is 11.1. The van der Waals surface area contributed by atoms with Gasteiger partial charge in [0.2, 0.25) is 5.91 Å². The fourth-order valence-corrected chi connectivity index (χ4v) is 2.98. The van der Waals surface area contributed by atoms with E-state index >= 15 is 0 Å². The third kappa shape index (κ3) is 3.28. The molecule has 19 heavy (non-hydrogen) atoms. The molecule has 0 atom stereocenters. The zero-order valence-corrected chi connectivity index (χ0v) is 11.9. The molecule has 3 rings (SSSR count). The molecule has 0 spiro atoms. The summed E-state index contributed by atoms with van der Waals surface area (Å²) in [6.07, 6.45) is 4.56. The molecule has 1 aromatic carbocycles. The van der Waals surface area contributed by atoms with Crippen LogP contribution in [0.25, 0.3) is 0 Å². The Labute approximate surface area is 120 Å². The number of fused-ring (bicyclic) bond motifs is 1. The van der Waals surface area contributed by atoms with Gasteiger partial charge in [-0.2, -0.15) is 0 Å². The van der Waals surface area contributed by atoms with E-state index in [1.807, 2.05) is 0 Å². The number of amides is 1. The smallest absolute Gasteiger partial charge is 0.223 e. The Kier molecular flexibility index (Phi) is 4.83. The zero-order chi connectivity index (χ0) is 12.4. The number of hydrogen-bond acceptors (Lipinski definition) is 2. The number of rotatable bonds is 3. The number of halogens is 1. The molecule has 0 radical (unpaired) electrons. The highest BCUT2D eigenvalue weighted by atomic mass is 35.5. The predicted molar refractivity (Wildman–Crippen MR) is 78.0 cm³/mol. The van der Waals surface area contributed by atoms with E-state index in [9.17, 15) is 4.79 Å². The molecule has 4 heteroatoms. The summed E-state index contributed by atoms with van der Waals surface area (Å²) in [5.74, 6) is 0.507. The van der Waals surface area contributed by atoms with Crippen LogP contribution in [0.5, 0.6) is 0 Å². The highest BCUT2D eigenvalue weighted by Gasteiger charge is 2.22. The Morgan fingerprint density at radius 2 is 1.95 bits per heavy atom. The van der Waals surface area contributed by atoms with Gasteiger partial charge in [-0.15, -0.1) is 12.4 Å². The molecule has 1 aromatic rings. The van der Waals surface area contributed by atoms with Gasteiger partial charge in [-0.1, -0.05) is 31.0 Å². The molecule has 0 unspecified atom stereocenters. The number of carbonyl (C=O) groups excluding carboxylic acids is 1. The number of hydrogen-bond donors (Lipinski definition) is 2. The van der Waals surface area contributed by atoms with Crippen LogP contribution in [0.1, 0.15) is 42.4 Å². The van der Waals surface area contributed by atoms with Gasteiger partial charge in [0.1, 0.15) is 0 Å². The van der Waals surface area contributed by atoms with Crippen LogP contribution in [-0.4, -0.2) is 5.91 Å². The molecule has 0 saturated heterocycles. The Morgan fingerprint density at radius 3 is 2.74 bits per heavy atom. The minimum atomic E-state index is 0. The van der Waals surface area contributed by atoms with Crippen molar-refractivity contribution in [1.29, 1.82) is 0 Å². The van der Waals surface area contributed by atoms with Crippen LogP contribution in [0.4, 0.5) is 0 Å². The van der Waals surface area contributed by atoms with Gasteiger partial charge < -0.3 is 10.6 Å². The lowest BCUT2D eigenvalue weighted by Crippen LogP contribution is -2.28. The van der Waals surface area contributed by atoms with Gasteiger partial charge in [0.15, 0.2) is 0 Å². The number of carbonyl (C=O) groups is 1. The third-order valence-electron chi connectivity index (χ3n) is 4.09. The average molecular weight is 281 g/mol. The van der Waals surface area contributed by atoms with Crippen molar-refractivity contribution in [2.45, 2.75) is 45.3 Å². The molecule has 1 aliphatic heterocycles. The highest BCUT2D eigenvalue weighted by molar-refractivity contribution is 5.85. The van der Waals surface area contributed by atoms with Crippen molar-refractivity contribution >= 4 is 18.3 Å². The summed E-state index contributed by atoms with van der Waals surface area (Å²) < 4.78 is 0. The summed E-state index contributed by atoms with van der Waals surface area (Å²) in [4.78, 5) is 11.9. The van der Waals surface area contributed by atoms with Gasteiger partial charge >= 0.3 is 0 Å². The molecule has 2 N–H and O–H groups in total. The average Bonchev–Trinajstić information content (AvgIpc) is 3.05. The van der Waals surface area contributed by atoms with Gasteiger partial charge in [0, 0.05) is 25.6 Å². The second kappa shape index (κ2) is 6.40. The second-order valence-corrected chi connectivity index (χ2v) is 5.41. The van der Waals surface area contributed by atoms with Crippen molar-refractivity contribution in [2.24, 2.45) is 5.92 Å². The van der Waals surface area contributed by atoms with E-state index in [0.29, 0.717) is 6.54 Å². The van der Waals surface area contributed by atoms with Crippen LogP contribution in [0.3, 0.4) is 0 Å². The molecule has 3 nitrogen and oxygen atoms in total. The first-order valence-corrected chi connectivity index (χ1v) is 6.92. The van der Waals surface area contributed by atoms with Crippen molar-refractivity contribution < 1.29 is 4.79 Å². The van der Waals surface area contributed by atoms with Crippen LogP contribution >= 0.6 is 12.4 Å². The maximum Gasteiger partial charge on any atom is 0.223 e. The largest absolute Gasteiger partial charge is 0.352 e. The van der Waals surface area contributed by atoms with E-state index in [-0.39, 0.29) is 24.2 Å². The molecular formula is C15H21ClN2O. The Hall–Kier alpha value is -1.06. The summed E-state index contributed by atoms with van der Waals surface area (Å²) in [6, 6.07) is 6.51. The quantitative estimate of drug-likeness (QED) is 0.893. The first kappa shape index (κ1) is 14.4. The number of nitrogens with one attached hydrogen (secondary N) is 2. The molecule has 1 heterocycles. The predicted octanol–water partition coefficient (Wildman–Crippen LogP) is 2.52. The van der Waals surface area contributed by atoms with E-state index in [0.717, 1.165) is 25.9 Å². The highest BCUT2D eigenvalue weighted by Crippen LogP contribution is 2.24. The molecule has 2 aliphatic rings. The van der Waals surface area contributed by atoms with Crippen molar-refractivity contribution in [3.8, 4) is 0 Å². The molecule has 104 valence electrons. The van der Waals surface area contributed by atoms with Crippen LogP contribution in [0, 0.1) is 5.92 Å². The minimum Gasteiger partial charge on any atom is -0.352 e. The van der Waals surface area contributed by atoms with Crippen LogP contribution < -0.4 is 10.6 Å². The van der Waals surface area contributed by atoms with Gasteiger partial charge in [-0.3, -0.25) is 4.79 Å². The summed E-state index contributed by atoms with van der Waals surface area (Å²) in [5, 5.41) is 6.41. The van der Waals surface area contributed by atoms with Crippen molar-refractivity contribution in [2.75, 3.05) is 0 Å². The topological polar surface area (TPSA) is 41.1 Å². The SMILES string of the molecule is Cl.O=C(NCc1ccc2c(c1)CNC2)C1CCCC1. The van der Waals surface area contributed by atoms with Gasteiger partial charge in [0.05, 0.1) is 0 Å². The van der Waals surface area contributed by atoms with Gasteiger partial charge in [0.25, 0.3) is 0 Å². The van der Waals surface area contributed by atoms with Crippen molar-refractivity contribution in [3.63, 3.8) is 0 Å². The van der Waals surface area contributed by atoms with E-state index < -0.39 is 0 Å². The molecule has 1 fully saturated rings. The number of benzene rings is 1. The first-order valence-electron chi connectivity index (χ1n) is 6.92. The van der Waals surface area contributed by atoms with E-state index in [1.165, 1.54) is 29.5 Å². The lowest BCUT2D eigenvalue weighted by Gasteiger charge is -2.11. The molecule has 1 saturated carbocycles. The third-order valence-corrected chi connectivity index (χ3v) is 4.09. The summed E-state index contributed by atoms with van der Waals surface area (Å²) >= 11 is 0. The Morgan fingerprint density at radius 1 is 1.21 bits per heavy atom. The molecule has 1 aliphatic carbocycles. The van der Waals surface area contributed by atoms with E-state index in [1.54, 1.807) is 0 Å². The summed E-state index contributed by atoms with van der Waals surface area (Å²) in [7, 11) is 0. The maximum absolute atomic E-state index is 11.9. The minimum absolute atomic E-state index is 0.